The molecule has 0 aliphatic rings. The average Bonchev–Trinajstić information content (AvgIpc) is 3.05. The lowest BCUT2D eigenvalue weighted by Gasteiger charge is -2.20. The fourth-order valence-corrected chi connectivity index (χ4v) is 5.07. The summed E-state index contributed by atoms with van der Waals surface area (Å²) in [6.07, 6.45) is 32.0. The molecule has 0 rings (SSSR count). The van der Waals surface area contributed by atoms with Crippen LogP contribution >= 0.6 is 7.82 Å². The number of rotatable bonds is 32. The number of phosphoric ester groups is 1. The lowest BCUT2D eigenvalue weighted by atomic mass is 10.1. The number of carboxylic acid groups (broad SMARTS) is 1. The summed E-state index contributed by atoms with van der Waals surface area (Å²) in [4.78, 5) is 45.5. The fourth-order valence-electron chi connectivity index (χ4n) is 4.29. The van der Waals surface area contributed by atoms with E-state index < -0.39 is 51.1 Å². The first kappa shape index (κ1) is 45.4. The largest absolute Gasteiger partial charge is 0.480 e. The molecule has 0 aromatic rings. The van der Waals surface area contributed by atoms with Gasteiger partial charge in [0.05, 0.1) is 13.2 Å². The summed E-state index contributed by atoms with van der Waals surface area (Å²) >= 11 is 0. The van der Waals surface area contributed by atoms with Gasteiger partial charge in [0, 0.05) is 12.8 Å². The van der Waals surface area contributed by atoms with Crippen molar-refractivity contribution in [3.8, 4) is 0 Å². The second kappa shape index (κ2) is 31.7. The van der Waals surface area contributed by atoms with Crippen LogP contribution < -0.4 is 5.73 Å². The van der Waals surface area contributed by atoms with Crippen LogP contribution in [0.5, 0.6) is 0 Å². The number of hydrogen-bond donors (Lipinski definition) is 3. The van der Waals surface area contributed by atoms with Gasteiger partial charge in [-0.3, -0.25) is 23.4 Å². The average molecular weight is 700 g/mol. The van der Waals surface area contributed by atoms with Crippen LogP contribution in [0.1, 0.15) is 129 Å². The number of carboxylic acids is 1. The van der Waals surface area contributed by atoms with Gasteiger partial charge in [0.25, 0.3) is 0 Å². The summed E-state index contributed by atoms with van der Waals surface area (Å²) in [5.74, 6) is -2.44. The zero-order valence-electron chi connectivity index (χ0n) is 29.3. The SMILES string of the molecule is CC/C=C\C/C=C\C/C=C\C/C=C\CCCCC(=O)OC(COC(=O)CCCCCCCCCCC)COP(=O)(O)OCC(N)C(=O)O. The minimum absolute atomic E-state index is 0.108. The van der Waals surface area contributed by atoms with E-state index in [4.69, 9.17) is 24.8 Å². The zero-order chi connectivity index (χ0) is 35.7. The van der Waals surface area contributed by atoms with Crippen molar-refractivity contribution in [1.29, 1.82) is 0 Å². The molecule has 0 bridgehead atoms. The summed E-state index contributed by atoms with van der Waals surface area (Å²) in [7, 11) is -4.72. The molecule has 0 aliphatic heterocycles. The van der Waals surface area contributed by atoms with Gasteiger partial charge in [-0.2, -0.15) is 0 Å². The fraction of sp³-hybridized carbons (Fsp3) is 0.694. The van der Waals surface area contributed by atoms with Gasteiger partial charge < -0.3 is 25.2 Å². The third kappa shape index (κ3) is 30.8. The maximum atomic E-state index is 12.5. The van der Waals surface area contributed by atoms with Gasteiger partial charge in [0.1, 0.15) is 12.6 Å². The molecule has 0 aromatic heterocycles. The molecule has 0 fully saturated rings. The third-order valence-corrected chi connectivity index (χ3v) is 8.04. The molecular formula is C36H62NO10P. The Hall–Kier alpha value is -2.56. The highest BCUT2D eigenvalue weighted by Gasteiger charge is 2.28. The molecule has 0 amide bonds. The van der Waals surface area contributed by atoms with Crippen LogP contribution in [0.25, 0.3) is 0 Å². The number of esters is 2. The normalized spacial score (nSPS) is 14.6. The van der Waals surface area contributed by atoms with E-state index in [0.29, 0.717) is 12.8 Å². The highest BCUT2D eigenvalue weighted by Crippen LogP contribution is 2.43. The molecule has 11 nitrogen and oxygen atoms in total. The molecule has 12 heteroatoms. The predicted molar refractivity (Wildman–Crippen MR) is 189 cm³/mol. The first-order chi connectivity index (χ1) is 23.1. The van der Waals surface area contributed by atoms with E-state index in [1.165, 1.54) is 32.1 Å². The lowest BCUT2D eigenvalue weighted by Crippen LogP contribution is -2.34. The van der Waals surface area contributed by atoms with Crippen molar-refractivity contribution in [1.82, 2.24) is 0 Å². The molecule has 276 valence electrons. The Labute approximate surface area is 288 Å². The molecule has 3 unspecified atom stereocenters. The van der Waals surface area contributed by atoms with Crippen LogP contribution in [0.15, 0.2) is 48.6 Å². The molecular weight excluding hydrogens is 637 g/mol. The summed E-state index contributed by atoms with van der Waals surface area (Å²) in [5.41, 5.74) is 5.30. The smallest absolute Gasteiger partial charge is 0.472 e. The number of allylic oxidation sites excluding steroid dienone is 8. The molecule has 0 saturated heterocycles. The quantitative estimate of drug-likeness (QED) is 0.0267. The van der Waals surface area contributed by atoms with Crippen molar-refractivity contribution in [2.45, 2.75) is 142 Å². The highest BCUT2D eigenvalue weighted by molar-refractivity contribution is 7.47. The second-order valence-electron chi connectivity index (χ2n) is 11.6. The number of ether oxygens (including phenoxy) is 2. The Morgan fingerprint density at radius 2 is 1.17 bits per heavy atom. The first-order valence-electron chi connectivity index (χ1n) is 17.7. The van der Waals surface area contributed by atoms with Gasteiger partial charge in [-0.25, -0.2) is 4.57 Å². The number of unbranched alkanes of at least 4 members (excludes halogenated alkanes) is 10. The molecule has 4 N–H and O–H groups in total. The van der Waals surface area contributed by atoms with Crippen molar-refractivity contribution in [2.24, 2.45) is 5.73 Å². The maximum Gasteiger partial charge on any atom is 0.472 e. The van der Waals surface area contributed by atoms with Gasteiger partial charge in [0.15, 0.2) is 6.10 Å². The number of phosphoric acid groups is 1. The first-order valence-corrected chi connectivity index (χ1v) is 19.2. The standard InChI is InChI=1S/C36H62NO10P/c1-3-5-7-9-11-13-14-15-16-17-18-20-22-24-26-28-35(39)47-32(30-45-48(42,43)46-31-33(37)36(40)41)29-44-34(38)27-25-23-21-19-12-10-8-6-4-2/h5,7,11,13,15-16,18,20,32-33H,3-4,6,8-10,12,14,17,19,21-31,37H2,1-2H3,(H,40,41)(H,42,43)/b7-5-,13-11-,16-15-,20-18-. The molecule has 0 heterocycles. The van der Waals surface area contributed by atoms with Gasteiger partial charge >= 0.3 is 25.7 Å². The van der Waals surface area contributed by atoms with Gasteiger partial charge in [-0.1, -0.05) is 114 Å². The zero-order valence-corrected chi connectivity index (χ0v) is 30.2. The minimum Gasteiger partial charge on any atom is -0.480 e. The molecule has 3 atom stereocenters. The van der Waals surface area contributed by atoms with E-state index in [2.05, 4.69) is 67.0 Å². The Morgan fingerprint density at radius 1 is 0.667 bits per heavy atom. The summed E-state index contributed by atoms with van der Waals surface area (Å²) < 4.78 is 32.4. The van der Waals surface area contributed by atoms with E-state index in [1.54, 1.807) is 0 Å². The van der Waals surface area contributed by atoms with Crippen LogP contribution in [-0.2, 0) is 37.5 Å². The Morgan fingerprint density at radius 3 is 1.75 bits per heavy atom. The number of hydrogen-bond acceptors (Lipinski definition) is 9. The molecule has 0 radical (unpaired) electrons. The highest BCUT2D eigenvalue weighted by atomic mass is 31.2. The van der Waals surface area contributed by atoms with Gasteiger partial charge in [-0.05, 0) is 51.4 Å². The maximum absolute atomic E-state index is 12.5. The van der Waals surface area contributed by atoms with Gasteiger partial charge in [-0.15, -0.1) is 0 Å². The van der Waals surface area contributed by atoms with Crippen molar-refractivity contribution >= 4 is 25.7 Å². The number of nitrogens with two attached hydrogens (primary N) is 1. The van der Waals surface area contributed by atoms with Crippen molar-refractivity contribution in [3.63, 3.8) is 0 Å². The molecule has 0 spiro atoms. The number of carbonyl (C=O) groups excluding carboxylic acids is 2. The topological polar surface area (TPSA) is 172 Å². The Balaban J connectivity index is 4.57. The molecule has 0 aliphatic carbocycles. The third-order valence-electron chi connectivity index (χ3n) is 7.09. The van der Waals surface area contributed by atoms with Crippen LogP contribution in [-0.4, -0.2) is 59.9 Å². The molecule has 0 aromatic carbocycles. The Bertz CT molecular complexity index is 1010. The number of aliphatic carboxylic acids is 1. The summed E-state index contributed by atoms with van der Waals surface area (Å²) in [6.45, 7) is 2.58. The van der Waals surface area contributed by atoms with Crippen LogP contribution in [0.2, 0.25) is 0 Å². The minimum atomic E-state index is -4.72. The van der Waals surface area contributed by atoms with E-state index >= 15 is 0 Å². The number of carbonyl (C=O) groups is 3. The van der Waals surface area contributed by atoms with Crippen LogP contribution in [0.4, 0.5) is 0 Å². The van der Waals surface area contributed by atoms with Crippen molar-refractivity contribution < 1.29 is 47.5 Å². The Kier molecular flexibility index (Phi) is 30.0. The van der Waals surface area contributed by atoms with Crippen LogP contribution in [0, 0.1) is 0 Å². The van der Waals surface area contributed by atoms with Crippen molar-refractivity contribution in [2.75, 3.05) is 19.8 Å². The van der Waals surface area contributed by atoms with E-state index in [9.17, 15) is 23.8 Å². The van der Waals surface area contributed by atoms with E-state index in [0.717, 1.165) is 57.8 Å². The predicted octanol–water partition coefficient (Wildman–Crippen LogP) is 8.27. The second-order valence-corrected chi connectivity index (χ2v) is 13.1. The van der Waals surface area contributed by atoms with Gasteiger partial charge in [0.2, 0.25) is 0 Å². The van der Waals surface area contributed by atoms with Crippen molar-refractivity contribution in [3.05, 3.63) is 48.6 Å². The summed E-state index contributed by atoms with van der Waals surface area (Å²) in [5, 5.41) is 8.83. The summed E-state index contributed by atoms with van der Waals surface area (Å²) in [6, 6.07) is -1.53. The molecule has 0 saturated carbocycles. The molecule has 48 heavy (non-hydrogen) atoms. The van der Waals surface area contributed by atoms with Crippen LogP contribution in [0.3, 0.4) is 0 Å². The lowest BCUT2D eigenvalue weighted by molar-refractivity contribution is -0.161. The monoisotopic (exact) mass is 699 g/mol. The van der Waals surface area contributed by atoms with E-state index in [1.807, 2.05) is 0 Å². The van der Waals surface area contributed by atoms with E-state index in [-0.39, 0.29) is 19.4 Å².